The molecule has 0 aromatic rings. The lowest BCUT2D eigenvalue weighted by Gasteiger charge is -2.21. The molecule has 0 saturated carbocycles. The van der Waals surface area contributed by atoms with Crippen LogP contribution < -0.4 is 10.5 Å². The smallest absolute Gasteiger partial charge is 0.214 e. The van der Waals surface area contributed by atoms with E-state index in [-0.39, 0.29) is 24.3 Å². The van der Waals surface area contributed by atoms with Crippen LogP contribution in [0.3, 0.4) is 0 Å². The molecule has 1 atom stereocenters. The fraction of sp³-hybridized carbons (Fsp3) is 1.00. The second-order valence-electron chi connectivity index (χ2n) is 3.86. The molecular formula is C9H22N2O3S. The van der Waals surface area contributed by atoms with Gasteiger partial charge in [-0.25, -0.2) is 13.1 Å². The van der Waals surface area contributed by atoms with Crippen molar-refractivity contribution >= 4 is 10.0 Å². The predicted octanol–water partition coefficient (Wildman–Crippen LogP) is -0.0744. The third-order valence-electron chi connectivity index (χ3n) is 2.17. The molecule has 15 heavy (non-hydrogen) atoms. The summed E-state index contributed by atoms with van der Waals surface area (Å²) in [5, 5.41) is 0. The molecule has 3 N–H and O–H groups in total. The molecule has 0 rings (SSSR count). The molecule has 0 heterocycles. The van der Waals surface area contributed by atoms with Gasteiger partial charge in [0.05, 0.1) is 12.4 Å². The van der Waals surface area contributed by atoms with Crippen LogP contribution in [0.1, 0.15) is 20.3 Å². The minimum atomic E-state index is -3.24. The second-order valence-corrected chi connectivity index (χ2v) is 5.73. The zero-order chi connectivity index (χ0) is 11.9. The van der Waals surface area contributed by atoms with E-state index >= 15 is 0 Å². The van der Waals surface area contributed by atoms with Crippen molar-refractivity contribution in [1.29, 1.82) is 0 Å². The summed E-state index contributed by atoms with van der Waals surface area (Å²) < 4.78 is 30.5. The van der Waals surface area contributed by atoms with E-state index in [1.807, 2.05) is 13.8 Å². The van der Waals surface area contributed by atoms with Gasteiger partial charge in [-0.1, -0.05) is 13.8 Å². The standard InChI is InChI=1S/C9H22N2O3S/c1-8(2)9(4-5-10)11-15(12,13)7-6-14-3/h8-9,11H,4-7,10H2,1-3H3. The number of nitrogens with one attached hydrogen (secondary N) is 1. The van der Waals surface area contributed by atoms with Crippen LogP contribution in [-0.4, -0.2) is 40.5 Å². The lowest BCUT2D eigenvalue weighted by atomic mass is 10.0. The van der Waals surface area contributed by atoms with Gasteiger partial charge in [0.15, 0.2) is 0 Å². The molecule has 0 spiro atoms. The minimum Gasteiger partial charge on any atom is -0.384 e. The van der Waals surface area contributed by atoms with Crippen molar-refractivity contribution in [3.8, 4) is 0 Å². The van der Waals surface area contributed by atoms with E-state index < -0.39 is 10.0 Å². The van der Waals surface area contributed by atoms with Gasteiger partial charge < -0.3 is 10.5 Å². The first-order valence-corrected chi connectivity index (χ1v) is 6.77. The molecule has 0 bridgehead atoms. The zero-order valence-corrected chi connectivity index (χ0v) is 10.5. The third-order valence-corrected chi connectivity index (χ3v) is 3.54. The van der Waals surface area contributed by atoms with Gasteiger partial charge in [0.2, 0.25) is 10.0 Å². The summed E-state index contributed by atoms with van der Waals surface area (Å²) in [6.45, 7) is 4.64. The van der Waals surface area contributed by atoms with Gasteiger partial charge in [-0.2, -0.15) is 0 Å². The Labute approximate surface area is 92.4 Å². The number of methoxy groups -OCH3 is 1. The average Bonchev–Trinajstić information content (AvgIpc) is 2.14. The topological polar surface area (TPSA) is 81.4 Å². The monoisotopic (exact) mass is 238 g/mol. The fourth-order valence-electron chi connectivity index (χ4n) is 1.19. The molecule has 0 aliphatic rings. The highest BCUT2D eigenvalue weighted by molar-refractivity contribution is 7.89. The summed E-state index contributed by atoms with van der Waals surface area (Å²) in [6.07, 6.45) is 0.657. The Morgan fingerprint density at radius 2 is 2.00 bits per heavy atom. The van der Waals surface area contributed by atoms with Gasteiger partial charge >= 0.3 is 0 Å². The van der Waals surface area contributed by atoms with Crippen LogP contribution in [0, 0.1) is 5.92 Å². The lowest BCUT2D eigenvalue weighted by Crippen LogP contribution is -2.41. The highest BCUT2D eigenvalue weighted by Gasteiger charge is 2.19. The summed E-state index contributed by atoms with van der Waals surface area (Å²) in [5.74, 6) is 0.239. The summed E-state index contributed by atoms with van der Waals surface area (Å²) in [4.78, 5) is 0. The number of hydrogen-bond donors (Lipinski definition) is 2. The Morgan fingerprint density at radius 1 is 1.40 bits per heavy atom. The van der Waals surface area contributed by atoms with E-state index in [4.69, 9.17) is 10.5 Å². The first-order valence-electron chi connectivity index (χ1n) is 5.12. The molecular weight excluding hydrogens is 216 g/mol. The van der Waals surface area contributed by atoms with Gasteiger partial charge in [0.1, 0.15) is 0 Å². The van der Waals surface area contributed by atoms with E-state index in [0.29, 0.717) is 13.0 Å². The Morgan fingerprint density at radius 3 is 2.40 bits per heavy atom. The highest BCUT2D eigenvalue weighted by atomic mass is 32.2. The molecule has 0 saturated heterocycles. The first kappa shape index (κ1) is 14.8. The molecule has 0 radical (unpaired) electrons. The van der Waals surface area contributed by atoms with E-state index in [2.05, 4.69) is 4.72 Å². The maximum absolute atomic E-state index is 11.5. The normalized spacial score (nSPS) is 14.5. The molecule has 0 aliphatic heterocycles. The molecule has 5 nitrogen and oxygen atoms in total. The Bertz CT molecular complexity index is 252. The molecule has 92 valence electrons. The van der Waals surface area contributed by atoms with E-state index in [1.54, 1.807) is 0 Å². The quantitative estimate of drug-likeness (QED) is 0.620. The number of rotatable bonds is 8. The van der Waals surface area contributed by atoms with E-state index in [9.17, 15) is 8.42 Å². The van der Waals surface area contributed by atoms with Gasteiger partial charge in [0.25, 0.3) is 0 Å². The predicted molar refractivity (Wildman–Crippen MR) is 61.1 cm³/mol. The Kier molecular flexibility index (Phi) is 7.08. The SMILES string of the molecule is COCCS(=O)(=O)NC(CCN)C(C)C. The van der Waals surface area contributed by atoms with Crippen LogP contribution in [0.25, 0.3) is 0 Å². The molecule has 0 aliphatic carbocycles. The number of ether oxygens (including phenoxy) is 1. The van der Waals surface area contributed by atoms with Crippen LogP contribution in [0.2, 0.25) is 0 Å². The highest BCUT2D eigenvalue weighted by Crippen LogP contribution is 2.06. The van der Waals surface area contributed by atoms with Crippen molar-refractivity contribution < 1.29 is 13.2 Å². The van der Waals surface area contributed by atoms with Crippen molar-refractivity contribution in [3.05, 3.63) is 0 Å². The van der Waals surface area contributed by atoms with Crippen LogP contribution >= 0.6 is 0 Å². The zero-order valence-electron chi connectivity index (χ0n) is 9.69. The molecule has 6 heteroatoms. The minimum absolute atomic E-state index is 0.00269. The van der Waals surface area contributed by atoms with Crippen LogP contribution in [-0.2, 0) is 14.8 Å². The van der Waals surface area contributed by atoms with Gasteiger partial charge in [-0.05, 0) is 18.9 Å². The average molecular weight is 238 g/mol. The number of nitrogens with two attached hydrogens (primary N) is 1. The van der Waals surface area contributed by atoms with Crippen molar-refractivity contribution in [2.24, 2.45) is 11.7 Å². The molecule has 0 aromatic carbocycles. The fourth-order valence-corrected chi connectivity index (χ4v) is 2.55. The second kappa shape index (κ2) is 7.16. The summed E-state index contributed by atoms with van der Waals surface area (Å²) in [7, 11) is -1.76. The van der Waals surface area contributed by atoms with E-state index in [1.165, 1.54) is 7.11 Å². The summed E-state index contributed by atoms with van der Waals surface area (Å²) in [5.41, 5.74) is 5.43. The largest absolute Gasteiger partial charge is 0.384 e. The molecule has 0 fully saturated rings. The molecule has 0 amide bonds. The van der Waals surface area contributed by atoms with Gasteiger partial charge in [0, 0.05) is 13.2 Å². The van der Waals surface area contributed by atoms with Crippen LogP contribution in [0.4, 0.5) is 0 Å². The Hall–Kier alpha value is -0.170. The van der Waals surface area contributed by atoms with E-state index in [0.717, 1.165) is 0 Å². The van der Waals surface area contributed by atoms with Gasteiger partial charge in [-0.15, -0.1) is 0 Å². The summed E-state index contributed by atoms with van der Waals surface area (Å²) in [6, 6.07) is -0.0862. The van der Waals surface area contributed by atoms with Crippen molar-refractivity contribution in [3.63, 3.8) is 0 Å². The van der Waals surface area contributed by atoms with Crippen molar-refractivity contribution in [2.75, 3.05) is 26.0 Å². The van der Waals surface area contributed by atoms with Crippen molar-refractivity contribution in [1.82, 2.24) is 4.72 Å². The summed E-state index contributed by atoms with van der Waals surface area (Å²) >= 11 is 0. The molecule has 0 aromatic heterocycles. The molecule has 1 unspecified atom stereocenters. The maximum atomic E-state index is 11.5. The number of sulfonamides is 1. The Balaban J connectivity index is 4.25. The third kappa shape index (κ3) is 6.83. The lowest BCUT2D eigenvalue weighted by molar-refractivity contribution is 0.216. The maximum Gasteiger partial charge on any atom is 0.214 e. The van der Waals surface area contributed by atoms with Crippen LogP contribution in [0.5, 0.6) is 0 Å². The first-order chi connectivity index (χ1) is 6.93. The number of hydrogen-bond acceptors (Lipinski definition) is 4. The van der Waals surface area contributed by atoms with Gasteiger partial charge in [-0.3, -0.25) is 0 Å². The van der Waals surface area contributed by atoms with Crippen LogP contribution in [0.15, 0.2) is 0 Å². The van der Waals surface area contributed by atoms with Crippen molar-refractivity contribution in [2.45, 2.75) is 26.3 Å².